The molecule has 0 bridgehead atoms. The number of nitrogens with zero attached hydrogens (tertiary/aromatic N) is 2. The molecule has 1 aliphatic carbocycles. The maximum Gasteiger partial charge on any atom is 0.225 e. The molecule has 1 atom stereocenters. The number of rotatable bonds is 4. The second-order valence-corrected chi connectivity index (χ2v) is 7.64. The molecule has 0 aromatic heterocycles. The summed E-state index contributed by atoms with van der Waals surface area (Å²) in [6.07, 6.45) is 4.90. The number of hydrogen-bond acceptors (Lipinski definition) is 4. The molecule has 2 saturated heterocycles. The number of carbonyl (C=O) groups excluding carboxylic acids is 2. The molecule has 5 nitrogen and oxygen atoms in total. The first-order chi connectivity index (χ1) is 13.1. The van der Waals surface area contributed by atoms with Gasteiger partial charge in [-0.15, -0.1) is 0 Å². The number of carbonyl (C=O) groups is 2. The number of nitrogens with one attached hydrogen (secondary N) is 1. The van der Waals surface area contributed by atoms with Gasteiger partial charge in [-0.1, -0.05) is 27.7 Å². The smallest absolute Gasteiger partial charge is 0.225 e. The van der Waals surface area contributed by atoms with Crippen LogP contribution in [0, 0.1) is 25.2 Å². The van der Waals surface area contributed by atoms with Crippen molar-refractivity contribution >= 4 is 11.7 Å². The third kappa shape index (κ3) is 10.3. The molecule has 3 rings (SSSR count). The summed E-state index contributed by atoms with van der Waals surface area (Å²) in [5.41, 5.74) is 0. The van der Waals surface area contributed by atoms with Gasteiger partial charge in [-0.05, 0) is 58.0 Å². The molecule has 1 N–H and O–H groups in total. The van der Waals surface area contributed by atoms with Gasteiger partial charge in [0.2, 0.25) is 5.91 Å². The van der Waals surface area contributed by atoms with Crippen LogP contribution in [0.15, 0.2) is 0 Å². The van der Waals surface area contributed by atoms with Crippen molar-refractivity contribution in [1.29, 1.82) is 0 Å². The third-order valence-electron chi connectivity index (χ3n) is 6.01. The van der Waals surface area contributed by atoms with Crippen molar-refractivity contribution in [1.82, 2.24) is 15.1 Å². The van der Waals surface area contributed by atoms with E-state index in [4.69, 9.17) is 0 Å². The zero-order valence-electron chi connectivity index (χ0n) is 20.0. The van der Waals surface area contributed by atoms with Crippen LogP contribution in [0.5, 0.6) is 0 Å². The Balaban J connectivity index is 0. The molecule has 169 valence electrons. The van der Waals surface area contributed by atoms with E-state index in [0.717, 1.165) is 70.9 Å². The minimum absolute atomic E-state index is 0. The van der Waals surface area contributed by atoms with Crippen LogP contribution >= 0.6 is 0 Å². The molecule has 0 aromatic rings. The molecule has 29 heavy (non-hydrogen) atoms. The van der Waals surface area contributed by atoms with Crippen LogP contribution in [0.4, 0.5) is 0 Å². The van der Waals surface area contributed by atoms with Crippen LogP contribution in [0.2, 0.25) is 0 Å². The molecule has 0 aromatic carbocycles. The molecular weight excluding hydrogens is 439 g/mol. The van der Waals surface area contributed by atoms with Crippen molar-refractivity contribution < 1.29 is 42.3 Å². The average Bonchev–Trinajstić information content (AvgIpc) is 3.24. The van der Waals surface area contributed by atoms with Gasteiger partial charge in [-0.3, -0.25) is 14.5 Å². The number of ketones is 1. The standard InChI is InChI=1S/C18H31N3O2.2C2H6.CH3.Y/c1-14(22)16-2-4-17(5-3-16)18(23)21-10-8-20(9-11-21)13-15-6-7-19-12-15;2*1-2;;/h15-17,19H,2-13H2,1H3;2*1-2H3;1H3;/q;;;-1;. The molecule has 1 radical (unpaired) electrons. The normalized spacial score (nSPS) is 26.5. The van der Waals surface area contributed by atoms with E-state index in [1.807, 2.05) is 27.7 Å². The summed E-state index contributed by atoms with van der Waals surface area (Å²) in [5.74, 6) is 1.80. The van der Waals surface area contributed by atoms with E-state index in [1.54, 1.807) is 6.92 Å². The van der Waals surface area contributed by atoms with Gasteiger partial charge in [-0.25, -0.2) is 0 Å². The van der Waals surface area contributed by atoms with Gasteiger partial charge in [0.1, 0.15) is 5.78 Å². The Kier molecular flexibility index (Phi) is 19.2. The Labute approximate surface area is 206 Å². The Morgan fingerprint density at radius 1 is 0.862 bits per heavy atom. The molecule has 6 heteroatoms. The van der Waals surface area contributed by atoms with Gasteiger partial charge < -0.3 is 17.6 Å². The summed E-state index contributed by atoms with van der Waals surface area (Å²) < 4.78 is 0. The molecule has 3 aliphatic rings. The van der Waals surface area contributed by atoms with Crippen molar-refractivity contribution in [3.8, 4) is 0 Å². The van der Waals surface area contributed by atoms with Crippen LogP contribution in [0.25, 0.3) is 0 Å². The van der Waals surface area contributed by atoms with Crippen LogP contribution in [0.1, 0.15) is 66.7 Å². The summed E-state index contributed by atoms with van der Waals surface area (Å²) in [6.45, 7) is 17.0. The fourth-order valence-electron chi connectivity index (χ4n) is 4.39. The third-order valence-corrected chi connectivity index (χ3v) is 6.01. The van der Waals surface area contributed by atoms with Gasteiger partial charge in [0.25, 0.3) is 0 Å². The number of Topliss-reactive ketones (excluding diaryl/α,β-unsaturated/α-hetero) is 1. The molecule has 1 amide bonds. The van der Waals surface area contributed by atoms with E-state index in [9.17, 15) is 9.59 Å². The number of piperazine rings is 1. The first-order valence-electron chi connectivity index (χ1n) is 11.4. The van der Waals surface area contributed by atoms with Gasteiger partial charge in [0.15, 0.2) is 0 Å². The topological polar surface area (TPSA) is 52.7 Å². The van der Waals surface area contributed by atoms with E-state index >= 15 is 0 Å². The van der Waals surface area contributed by atoms with E-state index in [2.05, 4.69) is 15.1 Å². The largest absolute Gasteiger partial charge is 0.358 e. The summed E-state index contributed by atoms with van der Waals surface area (Å²) in [4.78, 5) is 28.7. The second kappa shape index (κ2) is 17.8. The van der Waals surface area contributed by atoms with Crippen LogP contribution < -0.4 is 5.32 Å². The van der Waals surface area contributed by atoms with Crippen molar-refractivity contribution in [3.63, 3.8) is 0 Å². The van der Waals surface area contributed by atoms with Crippen molar-refractivity contribution in [2.75, 3.05) is 45.8 Å². The van der Waals surface area contributed by atoms with Gasteiger partial charge >= 0.3 is 0 Å². The summed E-state index contributed by atoms with van der Waals surface area (Å²) in [6, 6.07) is 0. The molecule has 3 fully saturated rings. The van der Waals surface area contributed by atoms with Gasteiger partial charge in [0, 0.05) is 77.3 Å². The second-order valence-electron chi connectivity index (χ2n) is 7.64. The van der Waals surface area contributed by atoms with Gasteiger partial charge in [0.05, 0.1) is 0 Å². The van der Waals surface area contributed by atoms with E-state index in [1.165, 1.54) is 13.0 Å². The fraction of sp³-hybridized carbons (Fsp3) is 0.870. The van der Waals surface area contributed by atoms with E-state index in [0.29, 0.717) is 11.7 Å². The van der Waals surface area contributed by atoms with Crippen molar-refractivity contribution in [2.24, 2.45) is 17.8 Å². The Morgan fingerprint density at radius 2 is 1.38 bits per heavy atom. The van der Waals surface area contributed by atoms with E-state index < -0.39 is 0 Å². The average molecular weight is 486 g/mol. The molecule has 1 saturated carbocycles. The van der Waals surface area contributed by atoms with Crippen molar-refractivity contribution in [3.05, 3.63) is 7.43 Å². The predicted octanol–water partition coefficient (Wildman–Crippen LogP) is 3.64. The maximum absolute atomic E-state index is 12.7. The predicted molar refractivity (Wildman–Crippen MR) is 119 cm³/mol. The molecule has 0 spiro atoms. The summed E-state index contributed by atoms with van der Waals surface area (Å²) in [7, 11) is 0. The van der Waals surface area contributed by atoms with E-state index in [-0.39, 0.29) is 52.0 Å². The molecular formula is C23H46N3O2Y-. The SMILES string of the molecule is CC.CC.CC(=O)C1CCC(C(=O)N2CCN(CC3CCNC3)CC2)CC1.[CH3-].[Y]. The quantitative estimate of drug-likeness (QED) is 0.618. The Hall–Kier alpha value is 0.164. The molecule has 1 unspecified atom stereocenters. The summed E-state index contributed by atoms with van der Waals surface area (Å²) >= 11 is 0. The zero-order valence-corrected chi connectivity index (χ0v) is 22.8. The van der Waals surface area contributed by atoms with Gasteiger partial charge in [-0.2, -0.15) is 0 Å². The molecule has 2 heterocycles. The Morgan fingerprint density at radius 3 is 1.83 bits per heavy atom. The molecule has 2 aliphatic heterocycles. The van der Waals surface area contributed by atoms with Crippen LogP contribution in [0.3, 0.4) is 0 Å². The number of hydrogen-bond donors (Lipinski definition) is 1. The monoisotopic (exact) mass is 485 g/mol. The summed E-state index contributed by atoms with van der Waals surface area (Å²) in [5, 5.41) is 3.43. The Bertz CT molecular complexity index is 426. The maximum atomic E-state index is 12.7. The van der Waals surface area contributed by atoms with Crippen molar-refractivity contribution in [2.45, 2.75) is 66.7 Å². The number of amides is 1. The minimum Gasteiger partial charge on any atom is -0.358 e. The minimum atomic E-state index is 0. The first-order valence-corrected chi connectivity index (χ1v) is 11.4. The van der Waals surface area contributed by atoms with Crippen LogP contribution in [-0.2, 0) is 42.3 Å². The first kappa shape index (κ1) is 31.4. The van der Waals surface area contributed by atoms with Crippen LogP contribution in [-0.4, -0.2) is 67.3 Å². The zero-order chi connectivity index (χ0) is 20.2. The fourth-order valence-corrected chi connectivity index (χ4v) is 4.39.